The van der Waals surface area contributed by atoms with Crippen LogP contribution >= 0.6 is 0 Å². The van der Waals surface area contributed by atoms with Gasteiger partial charge in [0.15, 0.2) is 5.75 Å². The van der Waals surface area contributed by atoms with Crippen LogP contribution in [0.15, 0.2) is 36.8 Å². The van der Waals surface area contributed by atoms with Crippen molar-refractivity contribution in [2.75, 3.05) is 0 Å². The molecule has 0 saturated carbocycles. The summed E-state index contributed by atoms with van der Waals surface area (Å²) in [5.41, 5.74) is 0.696. The largest absolute Gasteiger partial charge is 0.478 e. The van der Waals surface area contributed by atoms with E-state index < -0.39 is 5.97 Å². The number of aliphatic carboxylic acids is 1. The highest BCUT2D eigenvalue weighted by molar-refractivity contribution is 5.85. The van der Waals surface area contributed by atoms with Crippen molar-refractivity contribution in [3.8, 4) is 11.6 Å². The molecule has 0 aromatic carbocycles. The molecule has 1 N–H and O–H groups in total. The Hall–Kier alpha value is -2.63. The smallest absolute Gasteiger partial charge is 0.328 e. The minimum atomic E-state index is -0.992. The van der Waals surface area contributed by atoms with Crippen LogP contribution in [-0.4, -0.2) is 25.8 Å². The molecule has 0 atom stereocenters. The SMILES string of the molecule is CCCn1cc(Oc2ccc(/C=C/C(=O)O)cn2)cn1. The second kappa shape index (κ2) is 6.51. The third kappa shape index (κ3) is 3.94. The molecular weight excluding hydrogens is 258 g/mol. The molecular formula is C14H15N3O3. The molecule has 0 spiro atoms. The van der Waals surface area contributed by atoms with Gasteiger partial charge in [0, 0.05) is 24.9 Å². The Labute approximate surface area is 116 Å². The van der Waals surface area contributed by atoms with Crippen LogP contribution in [0.25, 0.3) is 6.08 Å². The highest BCUT2D eigenvalue weighted by Gasteiger charge is 2.02. The third-order valence-corrected chi connectivity index (χ3v) is 2.46. The Morgan fingerprint density at radius 1 is 1.45 bits per heavy atom. The molecule has 0 radical (unpaired) electrons. The van der Waals surface area contributed by atoms with E-state index in [1.807, 2.05) is 6.20 Å². The molecule has 2 aromatic rings. The lowest BCUT2D eigenvalue weighted by atomic mass is 10.2. The fraction of sp³-hybridized carbons (Fsp3) is 0.214. The van der Waals surface area contributed by atoms with Crippen LogP contribution in [0.2, 0.25) is 0 Å². The Balaban J connectivity index is 2.00. The standard InChI is InChI=1S/C14H15N3O3/c1-2-7-17-10-12(9-16-17)20-13-5-3-11(8-15-13)4-6-14(18)19/h3-6,8-10H,2,7H2,1H3,(H,18,19)/b6-4+. The van der Waals surface area contributed by atoms with Crippen LogP contribution in [0.4, 0.5) is 0 Å². The number of rotatable bonds is 6. The molecule has 2 aromatic heterocycles. The van der Waals surface area contributed by atoms with Gasteiger partial charge < -0.3 is 9.84 Å². The molecule has 0 fully saturated rings. The summed E-state index contributed by atoms with van der Waals surface area (Å²) in [6.07, 6.45) is 8.53. The van der Waals surface area contributed by atoms with Crippen LogP contribution in [-0.2, 0) is 11.3 Å². The number of pyridine rings is 1. The summed E-state index contributed by atoms with van der Waals surface area (Å²) in [7, 11) is 0. The number of hydrogen-bond acceptors (Lipinski definition) is 4. The molecule has 104 valence electrons. The van der Waals surface area contributed by atoms with Gasteiger partial charge in [-0.1, -0.05) is 6.92 Å². The van der Waals surface area contributed by atoms with E-state index in [1.54, 1.807) is 29.2 Å². The van der Waals surface area contributed by atoms with Gasteiger partial charge >= 0.3 is 5.97 Å². The zero-order chi connectivity index (χ0) is 14.4. The molecule has 0 saturated heterocycles. The lowest BCUT2D eigenvalue weighted by molar-refractivity contribution is -0.131. The number of hydrogen-bond donors (Lipinski definition) is 1. The lowest BCUT2D eigenvalue weighted by Crippen LogP contribution is -1.95. The third-order valence-electron chi connectivity index (χ3n) is 2.46. The topological polar surface area (TPSA) is 77.2 Å². The van der Waals surface area contributed by atoms with E-state index in [4.69, 9.17) is 9.84 Å². The van der Waals surface area contributed by atoms with E-state index in [9.17, 15) is 4.79 Å². The summed E-state index contributed by atoms with van der Waals surface area (Å²) >= 11 is 0. The number of carbonyl (C=O) groups is 1. The number of ether oxygens (including phenoxy) is 1. The van der Waals surface area contributed by atoms with Crippen LogP contribution in [0, 0.1) is 0 Å². The van der Waals surface area contributed by atoms with E-state index in [0.29, 0.717) is 17.2 Å². The van der Waals surface area contributed by atoms with Gasteiger partial charge in [0.2, 0.25) is 5.88 Å². The fourth-order valence-corrected chi connectivity index (χ4v) is 1.59. The Morgan fingerprint density at radius 3 is 2.95 bits per heavy atom. The van der Waals surface area contributed by atoms with Crippen molar-refractivity contribution in [3.05, 3.63) is 42.4 Å². The van der Waals surface area contributed by atoms with Crippen molar-refractivity contribution in [2.24, 2.45) is 0 Å². The Kier molecular flexibility index (Phi) is 4.49. The molecule has 20 heavy (non-hydrogen) atoms. The van der Waals surface area contributed by atoms with Gasteiger partial charge in [-0.2, -0.15) is 5.10 Å². The van der Waals surface area contributed by atoms with E-state index in [1.165, 1.54) is 6.08 Å². The Morgan fingerprint density at radius 2 is 2.30 bits per heavy atom. The first-order valence-electron chi connectivity index (χ1n) is 6.24. The molecule has 6 nitrogen and oxygen atoms in total. The van der Waals surface area contributed by atoms with E-state index in [2.05, 4.69) is 17.0 Å². The molecule has 0 bridgehead atoms. The fourth-order valence-electron chi connectivity index (χ4n) is 1.59. The molecule has 0 amide bonds. The molecule has 6 heteroatoms. The van der Waals surface area contributed by atoms with Crippen LogP contribution in [0.1, 0.15) is 18.9 Å². The second-order valence-corrected chi connectivity index (χ2v) is 4.14. The van der Waals surface area contributed by atoms with Gasteiger partial charge in [-0.15, -0.1) is 0 Å². The predicted octanol–water partition coefficient (Wildman–Crippen LogP) is 2.58. The van der Waals surface area contributed by atoms with Crippen LogP contribution in [0.3, 0.4) is 0 Å². The second-order valence-electron chi connectivity index (χ2n) is 4.14. The quantitative estimate of drug-likeness (QED) is 0.818. The maximum atomic E-state index is 10.4. The molecule has 2 rings (SSSR count). The van der Waals surface area contributed by atoms with E-state index >= 15 is 0 Å². The predicted molar refractivity (Wildman–Crippen MR) is 73.5 cm³/mol. The maximum absolute atomic E-state index is 10.4. The van der Waals surface area contributed by atoms with Gasteiger partial charge in [0.25, 0.3) is 0 Å². The van der Waals surface area contributed by atoms with Gasteiger partial charge in [-0.3, -0.25) is 4.68 Å². The van der Waals surface area contributed by atoms with Crippen molar-refractivity contribution in [1.82, 2.24) is 14.8 Å². The normalized spacial score (nSPS) is 10.8. The van der Waals surface area contributed by atoms with Gasteiger partial charge in [-0.05, 0) is 24.1 Å². The minimum absolute atomic E-state index is 0.438. The number of aryl methyl sites for hydroxylation is 1. The monoisotopic (exact) mass is 273 g/mol. The summed E-state index contributed by atoms with van der Waals surface area (Å²) in [5, 5.41) is 12.7. The first-order valence-corrected chi connectivity index (χ1v) is 6.24. The average Bonchev–Trinajstić information content (AvgIpc) is 2.86. The van der Waals surface area contributed by atoms with Crippen molar-refractivity contribution in [2.45, 2.75) is 19.9 Å². The minimum Gasteiger partial charge on any atom is -0.478 e. The summed E-state index contributed by atoms with van der Waals surface area (Å²) in [6, 6.07) is 3.41. The van der Waals surface area contributed by atoms with E-state index in [-0.39, 0.29) is 0 Å². The first-order chi connectivity index (χ1) is 9.67. The van der Waals surface area contributed by atoms with Crippen molar-refractivity contribution in [3.63, 3.8) is 0 Å². The Bertz CT molecular complexity index is 602. The number of nitrogens with zero attached hydrogens (tertiary/aromatic N) is 3. The summed E-state index contributed by atoms with van der Waals surface area (Å²) < 4.78 is 7.36. The molecule has 0 aliphatic carbocycles. The highest BCUT2D eigenvalue weighted by atomic mass is 16.5. The lowest BCUT2D eigenvalue weighted by Gasteiger charge is -2.01. The van der Waals surface area contributed by atoms with Gasteiger partial charge in [0.05, 0.1) is 12.4 Å². The number of carboxylic acid groups (broad SMARTS) is 1. The van der Waals surface area contributed by atoms with Gasteiger partial charge in [-0.25, -0.2) is 9.78 Å². The summed E-state index contributed by atoms with van der Waals surface area (Å²) in [5.74, 6) is 0.0713. The van der Waals surface area contributed by atoms with E-state index in [0.717, 1.165) is 19.0 Å². The highest BCUT2D eigenvalue weighted by Crippen LogP contribution is 2.18. The zero-order valence-corrected chi connectivity index (χ0v) is 11.1. The maximum Gasteiger partial charge on any atom is 0.328 e. The average molecular weight is 273 g/mol. The molecule has 0 aliphatic heterocycles. The summed E-state index contributed by atoms with van der Waals surface area (Å²) in [6.45, 7) is 2.92. The van der Waals surface area contributed by atoms with Crippen LogP contribution in [0.5, 0.6) is 11.6 Å². The molecule has 0 aliphatic rings. The van der Waals surface area contributed by atoms with Crippen molar-refractivity contribution < 1.29 is 14.6 Å². The van der Waals surface area contributed by atoms with Crippen molar-refractivity contribution >= 4 is 12.0 Å². The van der Waals surface area contributed by atoms with Crippen molar-refractivity contribution in [1.29, 1.82) is 0 Å². The van der Waals surface area contributed by atoms with Crippen LogP contribution < -0.4 is 4.74 Å². The molecule has 0 unspecified atom stereocenters. The number of aromatic nitrogens is 3. The summed E-state index contributed by atoms with van der Waals surface area (Å²) in [4.78, 5) is 14.5. The first kappa shape index (κ1) is 13.8. The number of carboxylic acids is 1. The molecule has 2 heterocycles. The van der Waals surface area contributed by atoms with Gasteiger partial charge in [0.1, 0.15) is 0 Å². The zero-order valence-electron chi connectivity index (χ0n) is 11.1.